The summed E-state index contributed by atoms with van der Waals surface area (Å²) in [7, 11) is 5.72. The molecule has 0 bridgehead atoms. The van der Waals surface area contributed by atoms with Crippen molar-refractivity contribution in [3.05, 3.63) is 48.7 Å². The molecular weight excluding hydrogens is 454 g/mol. The summed E-state index contributed by atoms with van der Waals surface area (Å²) in [4.78, 5) is 17.2. The number of aromatic nitrogens is 3. The summed E-state index contributed by atoms with van der Waals surface area (Å²) in [6, 6.07) is 14.1. The molecule has 5 rings (SSSR count). The minimum absolute atomic E-state index is 0.451. The minimum atomic E-state index is 0.451. The Morgan fingerprint density at radius 2 is 1.97 bits per heavy atom. The quantitative estimate of drug-likeness (QED) is 0.284. The number of nitrogens with zero attached hydrogens (tertiary/aromatic N) is 4. The lowest BCUT2D eigenvalue weighted by molar-refractivity contribution is 0.306. The molecule has 0 spiro atoms. The van der Waals surface area contributed by atoms with E-state index in [9.17, 15) is 0 Å². The number of methoxy groups -OCH3 is 1. The first kappa shape index (κ1) is 23.6. The van der Waals surface area contributed by atoms with Crippen molar-refractivity contribution in [3.63, 3.8) is 0 Å². The van der Waals surface area contributed by atoms with Crippen molar-refractivity contribution in [2.45, 2.75) is 19.8 Å². The smallest absolute Gasteiger partial charge is 0.231 e. The maximum absolute atomic E-state index is 6.01. The Kier molecular flexibility index (Phi) is 6.71. The number of anilines is 6. The van der Waals surface area contributed by atoms with Crippen LogP contribution in [-0.2, 0) is 0 Å². The van der Waals surface area contributed by atoms with Crippen molar-refractivity contribution in [2.24, 2.45) is 0 Å². The molecular formula is C27H33N7O2. The number of rotatable bonds is 9. The van der Waals surface area contributed by atoms with Crippen LogP contribution < -0.4 is 29.9 Å². The van der Waals surface area contributed by atoms with Gasteiger partial charge in [-0.25, -0.2) is 0 Å². The Morgan fingerprint density at radius 3 is 2.78 bits per heavy atom. The molecule has 36 heavy (non-hydrogen) atoms. The van der Waals surface area contributed by atoms with E-state index in [1.54, 1.807) is 7.11 Å². The van der Waals surface area contributed by atoms with Crippen LogP contribution in [0.1, 0.15) is 19.8 Å². The van der Waals surface area contributed by atoms with Gasteiger partial charge in [0.2, 0.25) is 5.95 Å². The van der Waals surface area contributed by atoms with Crippen molar-refractivity contribution >= 4 is 45.5 Å². The van der Waals surface area contributed by atoms with Gasteiger partial charge in [-0.2, -0.15) is 9.97 Å². The van der Waals surface area contributed by atoms with Crippen molar-refractivity contribution in [1.29, 1.82) is 0 Å². The summed E-state index contributed by atoms with van der Waals surface area (Å²) in [5.41, 5.74) is 4.56. The summed E-state index contributed by atoms with van der Waals surface area (Å²) >= 11 is 0. The molecule has 0 unspecified atom stereocenters. The predicted molar refractivity (Wildman–Crippen MR) is 147 cm³/mol. The zero-order chi connectivity index (χ0) is 25.1. The topological polar surface area (TPSA) is 90.6 Å². The lowest BCUT2D eigenvalue weighted by Gasteiger charge is -2.32. The van der Waals surface area contributed by atoms with Gasteiger partial charge in [-0.1, -0.05) is 25.5 Å². The molecule has 4 aromatic rings. The fourth-order valence-electron chi connectivity index (χ4n) is 4.46. The first-order valence-corrected chi connectivity index (χ1v) is 12.3. The molecule has 0 aliphatic carbocycles. The highest BCUT2D eigenvalue weighted by molar-refractivity contribution is 5.92. The van der Waals surface area contributed by atoms with Gasteiger partial charge in [0.25, 0.3) is 0 Å². The van der Waals surface area contributed by atoms with Gasteiger partial charge in [-0.3, -0.25) is 0 Å². The number of para-hydroxylation sites is 2. The van der Waals surface area contributed by atoms with Gasteiger partial charge in [0.1, 0.15) is 29.6 Å². The highest BCUT2D eigenvalue weighted by Gasteiger charge is 2.22. The SMILES string of the molecule is CCCCN1CCOc2cc(Nc3nc(Nc4ccccc4N(C)C)c4cc[nH]c4n3)c(OC)cc21. The number of fused-ring (bicyclic) bond motifs is 2. The number of hydrogen-bond donors (Lipinski definition) is 3. The zero-order valence-corrected chi connectivity index (χ0v) is 21.3. The van der Waals surface area contributed by atoms with Crippen molar-refractivity contribution in [3.8, 4) is 11.5 Å². The van der Waals surface area contributed by atoms with Crippen LogP contribution >= 0.6 is 0 Å². The number of unbranched alkanes of at least 4 members (excludes halogenated alkanes) is 1. The van der Waals surface area contributed by atoms with Gasteiger partial charge in [0, 0.05) is 39.0 Å². The third-order valence-electron chi connectivity index (χ3n) is 6.32. The third-order valence-corrected chi connectivity index (χ3v) is 6.32. The van der Waals surface area contributed by atoms with E-state index >= 15 is 0 Å². The van der Waals surface area contributed by atoms with Gasteiger partial charge in [0.15, 0.2) is 0 Å². The average molecular weight is 488 g/mol. The van der Waals surface area contributed by atoms with Gasteiger partial charge < -0.3 is 34.9 Å². The van der Waals surface area contributed by atoms with E-state index in [4.69, 9.17) is 19.4 Å². The molecule has 0 fully saturated rings. The Morgan fingerprint density at radius 1 is 1.11 bits per heavy atom. The van der Waals surface area contributed by atoms with Gasteiger partial charge >= 0.3 is 0 Å². The first-order valence-electron chi connectivity index (χ1n) is 12.3. The molecule has 0 atom stereocenters. The lowest BCUT2D eigenvalue weighted by atomic mass is 10.1. The van der Waals surface area contributed by atoms with Crippen LogP contribution in [0.2, 0.25) is 0 Å². The summed E-state index contributed by atoms with van der Waals surface area (Å²) in [5.74, 6) is 2.70. The second-order valence-corrected chi connectivity index (χ2v) is 9.01. The Balaban J connectivity index is 1.49. The molecule has 0 radical (unpaired) electrons. The fourth-order valence-corrected chi connectivity index (χ4v) is 4.46. The van der Waals surface area contributed by atoms with E-state index in [0.29, 0.717) is 24.1 Å². The van der Waals surface area contributed by atoms with Crippen LogP contribution in [-0.4, -0.2) is 55.9 Å². The van der Waals surface area contributed by atoms with Crippen LogP contribution in [0, 0.1) is 0 Å². The lowest BCUT2D eigenvalue weighted by Crippen LogP contribution is -2.33. The molecule has 1 aliphatic rings. The highest BCUT2D eigenvalue weighted by atomic mass is 16.5. The standard InChI is InChI=1S/C27H33N7O2/c1-5-6-13-34-14-15-36-24-16-20(23(35-4)17-22(24)34)30-27-31-25-18(11-12-28-25)26(32-27)29-19-9-7-8-10-21(19)33(2)3/h7-12,16-17H,5-6,13-15H2,1-4H3,(H3,28,29,30,31,32). The number of nitrogens with one attached hydrogen (secondary N) is 3. The van der Waals surface area contributed by atoms with E-state index in [0.717, 1.165) is 65.5 Å². The monoisotopic (exact) mass is 487 g/mol. The van der Waals surface area contributed by atoms with Crippen molar-refractivity contribution < 1.29 is 9.47 Å². The van der Waals surface area contributed by atoms with Crippen LogP contribution in [0.25, 0.3) is 11.0 Å². The molecule has 0 amide bonds. The van der Waals surface area contributed by atoms with Crippen LogP contribution in [0.3, 0.4) is 0 Å². The van der Waals surface area contributed by atoms with E-state index in [-0.39, 0.29) is 0 Å². The fraction of sp³-hybridized carbons (Fsp3) is 0.333. The number of ether oxygens (including phenoxy) is 2. The predicted octanol–water partition coefficient (Wildman–Crippen LogP) is 5.52. The minimum Gasteiger partial charge on any atom is -0.494 e. The van der Waals surface area contributed by atoms with Crippen LogP contribution in [0.4, 0.5) is 34.5 Å². The number of H-pyrrole nitrogens is 1. The third kappa shape index (κ3) is 4.68. The highest BCUT2D eigenvalue weighted by Crippen LogP contribution is 2.41. The summed E-state index contributed by atoms with van der Waals surface area (Å²) < 4.78 is 11.8. The summed E-state index contributed by atoms with van der Waals surface area (Å²) in [6.45, 7) is 4.74. The second-order valence-electron chi connectivity index (χ2n) is 9.01. The molecule has 2 aromatic carbocycles. The first-order chi connectivity index (χ1) is 17.6. The van der Waals surface area contributed by atoms with E-state index in [2.05, 4.69) is 38.4 Å². The molecule has 3 N–H and O–H groups in total. The molecule has 0 saturated heterocycles. The van der Waals surface area contributed by atoms with Gasteiger partial charge in [-0.15, -0.1) is 0 Å². The maximum atomic E-state index is 6.01. The summed E-state index contributed by atoms with van der Waals surface area (Å²) in [5, 5.41) is 7.76. The van der Waals surface area contributed by atoms with E-state index < -0.39 is 0 Å². The van der Waals surface area contributed by atoms with Crippen molar-refractivity contribution in [2.75, 3.05) is 61.3 Å². The summed E-state index contributed by atoms with van der Waals surface area (Å²) in [6.07, 6.45) is 4.15. The van der Waals surface area contributed by atoms with Gasteiger partial charge in [-0.05, 0) is 24.6 Å². The molecule has 9 nitrogen and oxygen atoms in total. The largest absolute Gasteiger partial charge is 0.494 e. The van der Waals surface area contributed by atoms with Crippen LogP contribution in [0.15, 0.2) is 48.7 Å². The molecule has 188 valence electrons. The molecule has 3 heterocycles. The average Bonchev–Trinajstić information content (AvgIpc) is 3.36. The molecule has 2 aromatic heterocycles. The van der Waals surface area contributed by atoms with E-state index in [1.165, 1.54) is 0 Å². The number of benzene rings is 2. The Bertz CT molecular complexity index is 1350. The molecule has 0 saturated carbocycles. The van der Waals surface area contributed by atoms with Crippen LogP contribution in [0.5, 0.6) is 11.5 Å². The number of hydrogen-bond acceptors (Lipinski definition) is 8. The molecule has 9 heteroatoms. The second kappa shape index (κ2) is 10.2. The zero-order valence-electron chi connectivity index (χ0n) is 21.3. The van der Waals surface area contributed by atoms with Crippen molar-refractivity contribution in [1.82, 2.24) is 15.0 Å². The molecule has 1 aliphatic heterocycles. The number of aromatic amines is 1. The van der Waals surface area contributed by atoms with Gasteiger partial charge in [0.05, 0.1) is 41.8 Å². The Hall–Kier alpha value is -4.14. The maximum Gasteiger partial charge on any atom is 0.231 e. The van der Waals surface area contributed by atoms with E-state index in [1.807, 2.05) is 56.7 Å². The normalized spacial score (nSPS) is 12.7. The Labute approximate surface area is 211 Å².